The van der Waals surface area contributed by atoms with Gasteiger partial charge in [0.2, 0.25) is 0 Å². The zero-order valence-corrected chi connectivity index (χ0v) is 9.42. The smallest absolute Gasteiger partial charge is 0.126 e. The van der Waals surface area contributed by atoms with Crippen LogP contribution in [0.5, 0.6) is 0 Å². The highest BCUT2D eigenvalue weighted by Gasteiger charge is 2.00. The maximum absolute atomic E-state index is 5.71. The van der Waals surface area contributed by atoms with E-state index in [-0.39, 0.29) is 0 Å². The van der Waals surface area contributed by atoms with Crippen molar-refractivity contribution in [1.29, 1.82) is 0 Å². The van der Waals surface area contributed by atoms with Crippen LogP contribution in [0.25, 0.3) is 0 Å². The van der Waals surface area contributed by atoms with Crippen LogP contribution in [0.15, 0.2) is 18.3 Å². The van der Waals surface area contributed by atoms with E-state index in [1.165, 1.54) is 6.42 Å². The van der Waals surface area contributed by atoms with Crippen LogP contribution < -0.4 is 5.73 Å². The fourth-order valence-corrected chi connectivity index (χ4v) is 1.56. The van der Waals surface area contributed by atoms with Crippen LogP contribution in [0.3, 0.4) is 0 Å². The molecule has 0 aliphatic heterocycles. The van der Waals surface area contributed by atoms with Crippen LogP contribution in [0, 0.1) is 0 Å². The van der Waals surface area contributed by atoms with Crippen molar-refractivity contribution >= 4 is 21.7 Å². The lowest BCUT2D eigenvalue weighted by Gasteiger charge is -2.04. The maximum Gasteiger partial charge on any atom is 0.126 e. The minimum absolute atomic E-state index is 0.588. The molecule has 0 saturated carbocycles. The Kier molecular flexibility index (Phi) is 4.22. The molecular weight excluding hydrogens is 228 g/mol. The Hall–Kier alpha value is -0.570. The van der Waals surface area contributed by atoms with Crippen molar-refractivity contribution in [1.82, 2.24) is 4.98 Å². The third-order valence-corrected chi connectivity index (χ3v) is 2.43. The second-order valence-electron chi connectivity index (χ2n) is 3.22. The molecule has 0 unspecified atom stereocenters. The molecule has 2 N–H and O–H groups in total. The minimum Gasteiger partial charge on any atom is -0.383 e. The lowest BCUT2D eigenvalue weighted by Crippen LogP contribution is -1.98. The number of nitrogens with zero attached hydrogens (tertiary/aromatic N) is 1. The Labute approximate surface area is 87.7 Å². The summed E-state index contributed by atoms with van der Waals surface area (Å²) >= 11 is 3.52. The van der Waals surface area contributed by atoms with Gasteiger partial charge in [-0.25, -0.2) is 4.98 Å². The van der Waals surface area contributed by atoms with E-state index in [9.17, 15) is 0 Å². The van der Waals surface area contributed by atoms with Crippen LogP contribution in [-0.2, 0) is 6.42 Å². The Morgan fingerprint density at radius 1 is 1.62 bits per heavy atom. The topological polar surface area (TPSA) is 38.9 Å². The number of halogens is 1. The summed E-state index contributed by atoms with van der Waals surface area (Å²) < 4.78 is 0. The lowest BCUT2D eigenvalue weighted by molar-refractivity contribution is 0.736. The highest BCUT2D eigenvalue weighted by molar-refractivity contribution is 9.09. The predicted molar refractivity (Wildman–Crippen MR) is 60.0 cm³/mol. The van der Waals surface area contributed by atoms with E-state index in [1.54, 1.807) is 6.20 Å². The first kappa shape index (κ1) is 10.5. The van der Waals surface area contributed by atoms with Gasteiger partial charge in [-0.15, -0.1) is 0 Å². The lowest BCUT2D eigenvalue weighted by atomic mass is 10.1. The zero-order valence-electron chi connectivity index (χ0n) is 7.83. The largest absolute Gasteiger partial charge is 0.383 e. The number of hydrogen-bond acceptors (Lipinski definition) is 2. The Morgan fingerprint density at radius 2 is 2.38 bits per heavy atom. The van der Waals surface area contributed by atoms with E-state index in [0.717, 1.165) is 18.4 Å². The molecule has 13 heavy (non-hydrogen) atoms. The summed E-state index contributed by atoms with van der Waals surface area (Å²) in [5.74, 6) is 0.671. The molecule has 1 rings (SSSR count). The van der Waals surface area contributed by atoms with Crippen LogP contribution in [0.4, 0.5) is 5.82 Å². The number of pyridine rings is 1. The molecule has 0 spiro atoms. The van der Waals surface area contributed by atoms with E-state index in [1.807, 2.05) is 12.1 Å². The standard InChI is InChI=1S/C10H15BrN2/c1-8(11)4-2-5-9-6-3-7-13-10(9)12/h3,6-8H,2,4-5H2,1H3,(H2,12,13)/t8-/m0/s1. The van der Waals surface area contributed by atoms with Gasteiger partial charge in [0.1, 0.15) is 5.82 Å². The maximum atomic E-state index is 5.71. The molecule has 72 valence electrons. The van der Waals surface area contributed by atoms with Crippen LogP contribution in [0.2, 0.25) is 0 Å². The average molecular weight is 243 g/mol. The van der Waals surface area contributed by atoms with Crippen molar-refractivity contribution in [2.75, 3.05) is 5.73 Å². The van der Waals surface area contributed by atoms with Gasteiger partial charge in [0.05, 0.1) is 0 Å². The second-order valence-corrected chi connectivity index (χ2v) is 4.78. The van der Waals surface area contributed by atoms with Gasteiger partial charge in [-0.1, -0.05) is 28.9 Å². The first-order valence-corrected chi connectivity index (χ1v) is 5.45. The first-order chi connectivity index (χ1) is 6.20. The molecule has 1 heterocycles. The van der Waals surface area contributed by atoms with Crippen molar-refractivity contribution in [3.05, 3.63) is 23.9 Å². The summed E-state index contributed by atoms with van der Waals surface area (Å²) in [6, 6.07) is 3.98. The molecule has 1 aromatic rings. The number of alkyl halides is 1. The van der Waals surface area contributed by atoms with Crippen LogP contribution in [-0.4, -0.2) is 9.81 Å². The minimum atomic E-state index is 0.588. The second kappa shape index (κ2) is 5.22. The van der Waals surface area contributed by atoms with Gasteiger partial charge in [0.25, 0.3) is 0 Å². The summed E-state index contributed by atoms with van der Waals surface area (Å²) in [4.78, 5) is 4.63. The van der Waals surface area contributed by atoms with Crippen molar-refractivity contribution in [2.45, 2.75) is 31.0 Å². The number of nitrogens with two attached hydrogens (primary N) is 1. The summed E-state index contributed by atoms with van der Waals surface area (Å²) in [6.07, 6.45) is 5.08. The summed E-state index contributed by atoms with van der Waals surface area (Å²) in [7, 11) is 0. The Morgan fingerprint density at radius 3 is 3.00 bits per heavy atom. The number of nitrogen functional groups attached to an aromatic ring is 1. The van der Waals surface area contributed by atoms with Gasteiger partial charge in [-0.05, 0) is 30.9 Å². The van der Waals surface area contributed by atoms with E-state index in [0.29, 0.717) is 10.6 Å². The fourth-order valence-electron chi connectivity index (χ4n) is 1.24. The van der Waals surface area contributed by atoms with Gasteiger partial charge < -0.3 is 5.73 Å². The molecule has 1 aromatic heterocycles. The van der Waals surface area contributed by atoms with Crippen LogP contribution in [0.1, 0.15) is 25.3 Å². The quantitative estimate of drug-likeness (QED) is 0.826. The molecule has 0 amide bonds. The number of aromatic nitrogens is 1. The molecule has 0 fully saturated rings. The van der Waals surface area contributed by atoms with Crippen molar-refractivity contribution < 1.29 is 0 Å². The highest BCUT2D eigenvalue weighted by atomic mass is 79.9. The van der Waals surface area contributed by atoms with Gasteiger partial charge in [-0.2, -0.15) is 0 Å². The average Bonchev–Trinajstić information content (AvgIpc) is 2.08. The highest BCUT2D eigenvalue weighted by Crippen LogP contribution is 2.13. The molecule has 0 aliphatic rings. The van der Waals surface area contributed by atoms with Gasteiger partial charge >= 0.3 is 0 Å². The number of anilines is 1. The van der Waals surface area contributed by atoms with Crippen molar-refractivity contribution in [3.8, 4) is 0 Å². The van der Waals surface area contributed by atoms with E-state index < -0.39 is 0 Å². The summed E-state index contributed by atoms with van der Waals surface area (Å²) in [5, 5.41) is 0. The van der Waals surface area contributed by atoms with Gasteiger partial charge in [0, 0.05) is 11.0 Å². The number of rotatable bonds is 4. The van der Waals surface area contributed by atoms with E-state index >= 15 is 0 Å². The molecule has 1 atom stereocenters. The van der Waals surface area contributed by atoms with Gasteiger partial charge in [0.15, 0.2) is 0 Å². The van der Waals surface area contributed by atoms with Gasteiger partial charge in [-0.3, -0.25) is 0 Å². The molecular formula is C10H15BrN2. The predicted octanol–water partition coefficient (Wildman–Crippen LogP) is 2.77. The molecule has 0 aliphatic carbocycles. The Bertz CT molecular complexity index is 261. The summed E-state index contributed by atoms with van der Waals surface area (Å²) in [5.41, 5.74) is 6.88. The van der Waals surface area contributed by atoms with E-state index in [4.69, 9.17) is 5.73 Å². The first-order valence-electron chi connectivity index (χ1n) is 4.53. The molecule has 0 radical (unpaired) electrons. The zero-order chi connectivity index (χ0) is 9.68. The third kappa shape index (κ3) is 3.77. The third-order valence-electron chi connectivity index (χ3n) is 1.97. The van der Waals surface area contributed by atoms with Crippen molar-refractivity contribution in [2.24, 2.45) is 0 Å². The Balaban J connectivity index is 2.41. The van der Waals surface area contributed by atoms with Crippen LogP contribution >= 0.6 is 15.9 Å². The molecule has 0 saturated heterocycles. The normalized spacial score (nSPS) is 12.8. The number of aryl methyl sites for hydroxylation is 1. The molecule has 0 bridgehead atoms. The molecule has 2 nitrogen and oxygen atoms in total. The number of hydrogen-bond donors (Lipinski definition) is 1. The SMILES string of the molecule is C[C@H](Br)CCCc1cccnc1N. The summed E-state index contributed by atoms with van der Waals surface area (Å²) in [6.45, 7) is 2.16. The van der Waals surface area contributed by atoms with E-state index in [2.05, 4.69) is 27.8 Å². The molecule has 0 aromatic carbocycles. The van der Waals surface area contributed by atoms with Crippen molar-refractivity contribution in [3.63, 3.8) is 0 Å². The fraction of sp³-hybridized carbons (Fsp3) is 0.500. The monoisotopic (exact) mass is 242 g/mol. The molecule has 3 heteroatoms.